The second kappa shape index (κ2) is 5.56. The smallest absolute Gasteiger partial charge is 0.307 e. The standard InChI is InChI=1S/C14H16N2O3/c1-9-13(10-5-3-4-6-11(10)16-9)14(18)15-8-7-12(17)19-2/h3-6,16H,7-8H2,1-2H3,(H,15,18). The quantitative estimate of drug-likeness (QED) is 0.823. The van der Waals surface area contributed by atoms with Crippen molar-refractivity contribution in [2.75, 3.05) is 13.7 Å². The minimum atomic E-state index is -0.337. The fourth-order valence-corrected chi connectivity index (χ4v) is 2.04. The molecule has 0 unspecified atom stereocenters. The van der Waals surface area contributed by atoms with E-state index < -0.39 is 0 Å². The predicted octanol–water partition coefficient (Wildman–Crippen LogP) is 1.77. The van der Waals surface area contributed by atoms with E-state index in [0.29, 0.717) is 5.56 Å². The van der Waals surface area contributed by atoms with E-state index in [1.807, 2.05) is 31.2 Å². The average Bonchev–Trinajstić information content (AvgIpc) is 2.74. The number of amides is 1. The highest BCUT2D eigenvalue weighted by Crippen LogP contribution is 2.21. The molecule has 2 aromatic rings. The van der Waals surface area contributed by atoms with Crippen LogP contribution in [0.4, 0.5) is 0 Å². The van der Waals surface area contributed by atoms with Crippen molar-refractivity contribution in [1.29, 1.82) is 0 Å². The molecule has 5 heteroatoms. The number of esters is 1. The molecule has 1 aromatic carbocycles. The second-order valence-electron chi connectivity index (χ2n) is 4.25. The van der Waals surface area contributed by atoms with Crippen molar-refractivity contribution in [3.05, 3.63) is 35.5 Å². The first-order valence-electron chi connectivity index (χ1n) is 6.06. The van der Waals surface area contributed by atoms with Crippen LogP contribution in [0.1, 0.15) is 22.5 Å². The van der Waals surface area contributed by atoms with E-state index in [9.17, 15) is 9.59 Å². The fraction of sp³-hybridized carbons (Fsp3) is 0.286. The highest BCUT2D eigenvalue weighted by atomic mass is 16.5. The van der Waals surface area contributed by atoms with Crippen LogP contribution in [0.2, 0.25) is 0 Å². The number of aryl methyl sites for hydroxylation is 1. The van der Waals surface area contributed by atoms with Crippen LogP contribution in [0.5, 0.6) is 0 Å². The van der Waals surface area contributed by atoms with E-state index in [0.717, 1.165) is 16.6 Å². The number of nitrogens with one attached hydrogen (secondary N) is 2. The Labute approximate surface area is 110 Å². The van der Waals surface area contributed by atoms with Gasteiger partial charge in [-0.1, -0.05) is 18.2 Å². The Bertz CT molecular complexity index is 616. The van der Waals surface area contributed by atoms with Gasteiger partial charge in [0.15, 0.2) is 0 Å². The molecule has 100 valence electrons. The molecule has 0 bridgehead atoms. The van der Waals surface area contributed by atoms with Gasteiger partial charge in [0.05, 0.1) is 19.1 Å². The Balaban J connectivity index is 2.13. The van der Waals surface area contributed by atoms with Crippen molar-refractivity contribution in [2.45, 2.75) is 13.3 Å². The van der Waals surface area contributed by atoms with E-state index >= 15 is 0 Å². The van der Waals surface area contributed by atoms with Gasteiger partial charge in [0.2, 0.25) is 0 Å². The topological polar surface area (TPSA) is 71.2 Å². The summed E-state index contributed by atoms with van der Waals surface area (Å²) in [5.74, 6) is -0.519. The molecule has 0 aliphatic rings. The molecule has 5 nitrogen and oxygen atoms in total. The highest BCUT2D eigenvalue weighted by molar-refractivity contribution is 6.08. The number of para-hydroxylation sites is 1. The first kappa shape index (κ1) is 13.1. The van der Waals surface area contributed by atoms with Gasteiger partial charge in [-0.25, -0.2) is 0 Å². The fourth-order valence-electron chi connectivity index (χ4n) is 2.04. The van der Waals surface area contributed by atoms with Crippen LogP contribution in [0.3, 0.4) is 0 Å². The molecule has 0 aliphatic heterocycles. The van der Waals surface area contributed by atoms with Gasteiger partial charge in [0.25, 0.3) is 5.91 Å². The summed E-state index contributed by atoms with van der Waals surface area (Å²) in [7, 11) is 1.33. The van der Waals surface area contributed by atoms with Gasteiger partial charge in [-0.05, 0) is 13.0 Å². The number of ether oxygens (including phenoxy) is 1. The molecule has 0 fully saturated rings. The van der Waals surface area contributed by atoms with Gasteiger partial charge in [-0.15, -0.1) is 0 Å². The number of benzene rings is 1. The van der Waals surface area contributed by atoms with Crippen molar-refractivity contribution in [2.24, 2.45) is 0 Å². The molecule has 0 saturated heterocycles. The summed E-state index contributed by atoms with van der Waals surface area (Å²) in [4.78, 5) is 26.3. The lowest BCUT2D eigenvalue weighted by Crippen LogP contribution is -2.26. The molecule has 2 rings (SSSR count). The summed E-state index contributed by atoms with van der Waals surface area (Å²) in [5.41, 5.74) is 2.37. The molecular weight excluding hydrogens is 244 g/mol. The number of fused-ring (bicyclic) bond motifs is 1. The van der Waals surface area contributed by atoms with Crippen molar-refractivity contribution in [3.8, 4) is 0 Å². The maximum absolute atomic E-state index is 12.1. The number of aromatic nitrogens is 1. The molecule has 0 aliphatic carbocycles. The Hall–Kier alpha value is -2.30. The number of H-pyrrole nitrogens is 1. The largest absolute Gasteiger partial charge is 0.469 e. The number of hydrogen-bond donors (Lipinski definition) is 2. The molecule has 1 amide bonds. The van der Waals surface area contributed by atoms with Gasteiger partial charge >= 0.3 is 5.97 Å². The number of aromatic amines is 1. The van der Waals surface area contributed by atoms with Crippen LogP contribution in [-0.4, -0.2) is 30.5 Å². The normalized spacial score (nSPS) is 10.4. The predicted molar refractivity (Wildman–Crippen MR) is 72.0 cm³/mol. The Morgan fingerprint density at radius 3 is 2.79 bits per heavy atom. The van der Waals surface area contributed by atoms with E-state index in [-0.39, 0.29) is 24.8 Å². The molecular formula is C14H16N2O3. The van der Waals surface area contributed by atoms with Crippen molar-refractivity contribution in [3.63, 3.8) is 0 Å². The second-order valence-corrected chi connectivity index (χ2v) is 4.25. The van der Waals surface area contributed by atoms with Gasteiger partial charge in [-0.2, -0.15) is 0 Å². The van der Waals surface area contributed by atoms with Crippen LogP contribution in [0.15, 0.2) is 24.3 Å². The summed E-state index contributed by atoms with van der Waals surface area (Å²) in [5, 5.41) is 3.61. The third-order valence-corrected chi connectivity index (χ3v) is 2.96. The Kier molecular flexibility index (Phi) is 3.85. The monoisotopic (exact) mass is 260 g/mol. The first-order valence-corrected chi connectivity index (χ1v) is 6.06. The number of rotatable bonds is 4. The average molecular weight is 260 g/mol. The van der Waals surface area contributed by atoms with Crippen molar-refractivity contribution < 1.29 is 14.3 Å². The van der Waals surface area contributed by atoms with Crippen LogP contribution in [-0.2, 0) is 9.53 Å². The lowest BCUT2D eigenvalue weighted by Gasteiger charge is -2.04. The van der Waals surface area contributed by atoms with E-state index in [4.69, 9.17) is 0 Å². The van der Waals surface area contributed by atoms with Crippen molar-refractivity contribution >= 4 is 22.8 Å². The molecule has 0 atom stereocenters. The maximum Gasteiger partial charge on any atom is 0.307 e. The SMILES string of the molecule is COC(=O)CCNC(=O)c1c(C)[nH]c2ccccc12. The van der Waals surface area contributed by atoms with E-state index in [1.54, 1.807) is 0 Å². The lowest BCUT2D eigenvalue weighted by atomic mass is 10.1. The first-order chi connectivity index (χ1) is 9.13. The zero-order chi connectivity index (χ0) is 13.8. The number of hydrogen-bond acceptors (Lipinski definition) is 3. The van der Waals surface area contributed by atoms with E-state index in [1.165, 1.54) is 7.11 Å². The molecule has 19 heavy (non-hydrogen) atoms. The minimum Gasteiger partial charge on any atom is -0.469 e. The van der Waals surface area contributed by atoms with Gasteiger partial charge in [-0.3, -0.25) is 9.59 Å². The molecule has 0 spiro atoms. The summed E-state index contributed by atoms with van der Waals surface area (Å²) in [6, 6.07) is 7.62. The van der Waals surface area contributed by atoms with Crippen molar-refractivity contribution in [1.82, 2.24) is 10.3 Å². The van der Waals surface area contributed by atoms with Crippen LogP contribution in [0, 0.1) is 6.92 Å². The number of carbonyl (C=O) groups excluding carboxylic acids is 2. The molecule has 0 radical (unpaired) electrons. The van der Waals surface area contributed by atoms with Crippen LogP contribution in [0.25, 0.3) is 10.9 Å². The van der Waals surface area contributed by atoms with Crippen LogP contribution >= 0.6 is 0 Å². The third-order valence-electron chi connectivity index (χ3n) is 2.96. The molecule has 1 heterocycles. The van der Waals surface area contributed by atoms with Crippen LogP contribution < -0.4 is 5.32 Å². The number of methoxy groups -OCH3 is 1. The summed E-state index contributed by atoms with van der Waals surface area (Å²) >= 11 is 0. The minimum absolute atomic E-state index is 0.170. The molecule has 2 N–H and O–H groups in total. The summed E-state index contributed by atoms with van der Waals surface area (Å²) < 4.78 is 4.52. The third kappa shape index (κ3) is 2.76. The van der Waals surface area contributed by atoms with Gasteiger partial charge in [0, 0.05) is 23.1 Å². The maximum atomic E-state index is 12.1. The zero-order valence-corrected chi connectivity index (χ0v) is 10.9. The molecule has 1 aromatic heterocycles. The van der Waals surface area contributed by atoms with Gasteiger partial charge < -0.3 is 15.0 Å². The summed E-state index contributed by atoms with van der Waals surface area (Å²) in [6.45, 7) is 2.12. The Morgan fingerprint density at radius 1 is 1.32 bits per heavy atom. The lowest BCUT2D eigenvalue weighted by molar-refractivity contribution is -0.140. The highest BCUT2D eigenvalue weighted by Gasteiger charge is 2.15. The number of carbonyl (C=O) groups is 2. The Morgan fingerprint density at radius 2 is 2.05 bits per heavy atom. The van der Waals surface area contributed by atoms with E-state index in [2.05, 4.69) is 15.0 Å². The summed E-state index contributed by atoms with van der Waals surface area (Å²) in [6.07, 6.45) is 0.170. The molecule has 0 saturated carbocycles. The van der Waals surface area contributed by atoms with Gasteiger partial charge in [0.1, 0.15) is 0 Å². The zero-order valence-electron chi connectivity index (χ0n) is 10.9.